The van der Waals surface area contributed by atoms with Gasteiger partial charge in [0.2, 0.25) is 0 Å². The molecule has 0 radical (unpaired) electrons. The first-order valence-electron chi connectivity index (χ1n) is 5.65. The number of halogens is 1. The van der Waals surface area contributed by atoms with Crippen LogP contribution >= 0.6 is 0 Å². The van der Waals surface area contributed by atoms with Gasteiger partial charge >= 0.3 is 5.82 Å². The third-order valence-electron chi connectivity index (χ3n) is 2.57. The second-order valence-electron chi connectivity index (χ2n) is 4.12. The molecule has 2 rings (SSSR count). The van der Waals surface area contributed by atoms with Crippen LogP contribution in [0.1, 0.15) is 11.1 Å². The number of nitrogens with one attached hydrogen (secondary N) is 1. The van der Waals surface area contributed by atoms with Gasteiger partial charge in [0, 0.05) is 6.54 Å². The van der Waals surface area contributed by atoms with Gasteiger partial charge in [-0.3, -0.25) is 0 Å². The molecule has 1 heterocycles. The molecule has 0 saturated heterocycles. The summed E-state index contributed by atoms with van der Waals surface area (Å²) in [6, 6.07) is 7.60. The molecule has 19 heavy (non-hydrogen) atoms. The van der Waals surface area contributed by atoms with Crippen LogP contribution in [0.3, 0.4) is 0 Å². The Morgan fingerprint density at radius 2 is 2.05 bits per heavy atom. The summed E-state index contributed by atoms with van der Waals surface area (Å²) in [7, 11) is 0. The van der Waals surface area contributed by atoms with Crippen molar-refractivity contribution in [1.29, 1.82) is 0 Å². The van der Waals surface area contributed by atoms with Crippen LogP contribution in [0.5, 0.6) is 0 Å². The number of hydrogen-bond donors (Lipinski definition) is 1. The lowest BCUT2D eigenvalue weighted by Gasteiger charge is -2.07. The molecule has 0 aliphatic rings. The van der Waals surface area contributed by atoms with E-state index in [9.17, 15) is 14.5 Å². The number of aromatic nitrogens is 1. The maximum Gasteiger partial charge on any atom is 0.386 e. The summed E-state index contributed by atoms with van der Waals surface area (Å²) in [5.74, 6) is -0.528. The number of anilines is 1. The van der Waals surface area contributed by atoms with Gasteiger partial charge in [-0.15, -0.1) is 0 Å². The van der Waals surface area contributed by atoms with Crippen LogP contribution < -0.4 is 5.32 Å². The number of nitrogens with zero attached hydrogens (tertiary/aromatic N) is 2. The Bertz CT molecular complexity index is 599. The summed E-state index contributed by atoms with van der Waals surface area (Å²) in [6.45, 7) is 2.17. The number of aryl methyl sites for hydroxylation is 1. The molecule has 1 aromatic carbocycles. The molecule has 0 atom stereocenters. The molecule has 0 unspecified atom stereocenters. The summed E-state index contributed by atoms with van der Waals surface area (Å²) in [5, 5.41) is 13.8. The average Bonchev–Trinajstić information content (AvgIpc) is 2.38. The molecule has 0 amide bonds. The van der Waals surface area contributed by atoms with Gasteiger partial charge in [-0.1, -0.05) is 12.1 Å². The lowest BCUT2D eigenvalue weighted by atomic mass is 10.2. The maximum absolute atomic E-state index is 12.8. The molecule has 6 heteroatoms. The molecule has 0 aliphatic heterocycles. The largest absolute Gasteiger partial charge is 0.386 e. The van der Waals surface area contributed by atoms with Crippen LogP contribution in [0, 0.1) is 22.9 Å². The first-order chi connectivity index (χ1) is 9.06. The molecule has 0 saturated carbocycles. The highest BCUT2D eigenvalue weighted by Crippen LogP contribution is 2.22. The Morgan fingerprint density at radius 3 is 2.68 bits per heavy atom. The second-order valence-corrected chi connectivity index (χ2v) is 4.12. The van der Waals surface area contributed by atoms with Gasteiger partial charge in [0.25, 0.3) is 0 Å². The van der Waals surface area contributed by atoms with E-state index in [1.54, 1.807) is 25.1 Å². The fraction of sp³-hybridized carbons (Fsp3) is 0.154. The van der Waals surface area contributed by atoms with Gasteiger partial charge < -0.3 is 15.4 Å². The molecule has 0 fully saturated rings. The zero-order valence-corrected chi connectivity index (χ0v) is 10.3. The lowest BCUT2D eigenvalue weighted by Crippen LogP contribution is -2.04. The first kappa shape index (κ1) is 12.9. The van der Waals surface area contributed by atoms with Crippen molar-refractivity contribution in [3.63, 3.8) is 0 Å². The van der Waals surface area contributed by atoms with E-state index < -0.39 is 4.92 Å². The van der Waals surface area contributed by atoms with Crippen LogP contribution in [-0.2, 0) is 6.54 Å². The fourth-order valence-corrected chi connectivity index (χ4v) is 1.64. The lowest BCUT2D eigenvalue weighted by molar-refractivity contribution is -0.388. The predicted molar refractivity (Wildman–Crippen MR) is 69.4 cm³/mol. The van der Waals surface area contributed by atoms with E-state index in [4.69, 9.17) is 0 Å². The molecule has 98 valence electrons. The number of pyridine rings is 1. The Kier molecular flexibility index (Phi) is 3.70. The summed E-state index contributed by atoms with van der Waals surface area (Å²) in [5.41, 5.74) is 2.01. The number of nitro groups is 1. The molecule has 0 aliphatic carbocycles. The minimum absolute atomic E-state index is 0.215. The Morgan fingerprint density at radius 1 is 1.37 bits per heavy atom. The van der Waals surface area contributed by atoms with Crippen molar-refractivity contribution in [2.24, 2.45) is 0 Å². The minimum atomic E-state index is -0.535. The van der Waals surface area contributed by atoms with E-state index >= 15 is 0 Å². The van der Waals surface area contributed by atoms with Crippen LogP contribution in [0.4, 0.5) is 15.9 Å². The van der Waals surface area contributed by atoms with Crippen molar-refractivity contribution in [3.8, 4) is 0 Å². The fourth-order valence-electron chi connectivity index (χ4n) is 1.64. The summed E-state index contributed by atoms with van der Waals surface area (Å²) >= 11 is 0. The van der Waals surface area contributed by atoms with Gasteiger partial charge in [-0.2, -0.15) is 0 Å². The monoisotopic (exact) mass is 261 g/mol. The summed E-state index contributed by atoms with van der Waals surface area (Å²) in [6.07, 6.45) is 1.45. The van der Waals surface area contributed by atoms with Gasteiger partial charge in [0.1, 0.15) is 17.7 Å². The maximum atomic E-state index is 12.8. The molecule has 2 aromatic rings. The molecule has 5 nitrogen and oxygen atoms in total. The molecular formula is C13H12FN3O2. The van der Waals surface area contributed by atoms with Crippen LogP contribution in [0.25, 0.3) is 0 Å². The van der Waals surface area contributed by atoms with E-state index in [-0.39, 0.29) is 11.6 Å². The van der Waals surface area contributed by atoms with Gasteiger partial charge in [0.15, 0.2) is 0 Å². The Balaban J connectivity index is 2.16. The highest BCUT2D eigenvalue weighted by Gasteiger charge is 2.14. The molecule has 0 bridgehead atoms. The standard InChI is InChI=1S/C13H12FN3O2/c1-9-6-12(13(16-7-9)17(18)19)15-8-10-2-4-11(14)5-3-10/h2-7,15H,8H2,1H3. The van der Waals surface area contributed by atoms with Crippen LogP contribution in [0.15, 0.2) is 36.5 Å². The van der Waals surface area contributed by atoms with Crippen LogP contribution in [-0.4, -0.2) is 9.91 Å². The third kappa shape index (κ3) is 3.25. The molecule has 0 spiro atoms. The summed E-state index contributed by atoms with van der Waals surface area (Å²) in [4.78, 5) is 14.1. The number of rotatable bonds is 4. The zero-order chi connectivity index (χ0) is 13.8. The van der Waals surface area contributed by atoms with Crippen molar-refractivity contribution in [3.05, 3.63) is 63.6 Å². The zero-order valence-electron chi connectivity index (χ0n) is 10.3. The number of hydrogen-bond acceptors (Lipinski definition) is 4. The topological polar surface area (TPSA) is 68.1 Å². The van der Waals surface area contributed by atoms with E-state index in [1.807, 2.05) is 0 Å². The van der Waals surface area contributed by atoms with Crippen molar-refractivity contribution in [2.75, 3.05) is 5.32 Å². The first-order valence-corrected chi connectivity index (χ1v) is 5.65. The van der Waals surface area contributed by atoms with Gasteiger partial charge in [0.05, 0.1) is 0 Å². The highest BCUT2D eigenvalue weighted by molar-refractivity contribution is 5.58. The van der Waals surface area contributed by atoms with E-state index in [0.717, 1.165) is 11.1 Å². The second kappa shape index (κ2) is 5.43. The van der Waals surface area contributed by atoms with Gasteiger partial charge in [-0.05, 0) is 46.2 Å². The minimum Gasteiger partial charge on any atom is -0.374 e. The van der Waals surface area contributed by atoms with E-state index in [0.29, 0.717) is 12.2 Å². The molecular weight excluding hydrogens is 249 g/mol. The SMILES string of the molecule is Cc1cnc([N+](=O)[O-])c(NCc2ccc(F)cc2)c1. The van der Waals surface area contributed by atoms with Crippen molar-refractivity contribution in [2.45, 2.75) is 13.5 Å². The summed E-state index contributed by atoms with van der Waals surface area (Å²) < 4.78 is 12.8. The van der Waals surface area contributed by atoms with E-state index in [1.165, 1.54) is 18.3 Å². The Labute approximate surface area is 109 Å². The molecule has 1 aromatic heterocycles. The third-order valence-corrected chi connectivity index (χ3v) is 2.57. The molecule has 1 N–H and O–H groups in total. The quantitative estimate of drug-likeness (QED) is 0.678. The van der Waals surface area contributed by atoms with Crippen LogP contribution in [0.2, 0.25) is 0 Å². The number of benzene rings is 1. The van der Waals surface area contributed by atoms with Crippen molar-refractivity contribution in [1.82, 2.24) is 4.98 Å². The Hall–Kier alpha value is -2.50. The smallest absolute Gasteiger partial charge is 0.374 e. The predicted octanol–water partition coefficient (Wildman–Crippen LogP) is 3.05. The van der Waals surface area contributed by atoms with Crippen molar-refractivity contribution < 1.29 is 9.31 Å². The van der Waals surface area contributed by atoms with E-state index in [2.05, 4.69) is 10.3 Å². The van der Waals surface area contributed by atoms with Gasteiger partial charge in [-0.25, -0.2) is 4.39 Å². The average molecular weight is 261 g/mol. The highest BCUT2D eigenvalue weighted by atomic mass is 19.1. The normalized spacial score (nSPS) is 10.2. The van der Waals surface area contributed by atoms with Crippen molar-refractivity contribution >= 4 is 11.5 Å².